The number of hydrogen-bond donors (Lipinski definition) is 0. The lowest BCUT2D eigenvalue weighted by Gasteiger charge is -2.30. The minimum absolute atomic E-state index is 0.126. The number of fused-ring (bicyclic) bond motifs is 2. The van der Waals surface area contributed by atoms with Gasteiger partial charge in [-0.15, -0.1) is 0 Å². The number of amides is 1. The molecule has 1 atom stereocenters. The van der Waals surface area contributed by atoms with Crippen LogP contribution in [0.1, 0.15) is 37.9 Å². The molecule has 1 saturated heterocycles. The van der Waals surface area contributed by atoms with Crippen LogP contribution >= 0.6 is 11.3 Å². The lowest BCUT2D eigenvalue weighted by molar-refractivity contribution is -0.127. The number of allylic oxidation sites excluding steroid dienone is 1. The van der Waals surface area contributed by atoms with Crippen LogP contribution < -0.4 is 24.5 Å². The Kier molecular flexibility index (Phi) is 8.19. The van der Waals surface area contributed by atoms with E-state index in [4.69, 9.17) is 14.5 Å². The molecule has 1 aromatic heterocycles. The number of thiazole rings is 1. The van der Waals surface area contributed by atoms with E-state index in [2.05, 4.69) is 17.0 Å². The molecule has 0 unspecified atom stereocenters. The number of methoxy groups -OCH3 is 1. The zero-order valence-electron chi connectivity index (χ0n) is 25.0. The van der Waals surface area contributed by atoms with Crippen molar-refractivity contribution < 1.29 is 14.3 Å². The average Bonchev–Trinajstić information content (AvgIpc) is 3.34. The van der Waals surface area contributed by atoms with Gasteiger partial charge in [-0.3, -0.25) is 14.2 Å². The molecule has 1 fully saturated rings. The summed E-state index contributed by atoms with van der Waals surface area (Å²) in [4.78, 5) is 37.9. The smallest absolute Gasteiger partial charge is 0.271 e. The molecule has 2 aliphatic rings. The second-order valence-corrected chi connectivity index (χ2v) is 11.7. The first-order chi connectivity index (χ1) is 20.9. The zero-order chi connectivity index (χ0) is 30.1. The third-order valence-electron chi connectivity index (χ3n) is 8.29. The Morgan fingerprint density at radius 3 is 2.49 bits per heavy atom. The molecule has 4 aromatic rings. The van der Waals surface area contributed by atoms with Crippen molar-refractivity contribution in [3.05, 3.63) is 103 Å². The molecule has 8 nitrogen and oxygen atoms in total. The molecule has 3 heterocycles. The maximum atomic E-state index is 14.3. The third-order valence-corrected chi connectivity index (χ3v) is 9.28. The van der Waals surface area contributed by atoms with Gasteiger partial charge in [0.2, 0.25) is 0 Å². The minimum Gasteiger partial charge on any atom is -0.496 e. The van der Waals surface area contributed by atoms with Gasteiger partial charge in [0.25, 0.3) is 11.5 Å². The summed E-state index contributed by atoms with van der Waals surface area (Å²) in [6.07, 6.45) is 1.91. The number of ether oxygens (including phenoxy) is 2. The third kappa shape index (κ3) is 5.28. The van der Waals surface area contributed by atoms with Crippen LogP contribution in [0.5, 0.6) is 5.75 Å². The van der Waals surface area contributed by atoms with E-state index in [0.717, 1.165) is 53.9 Å². The normalized spacial score (nSPS) is 17.2. The predicted molar refractivity (Wildman–Crippen MR) is 172 cm³/mol. The summed E-state index contributed by atoms with van der Waals surface area (Å²) in [6.45, 7) is 10.1. The van der Waals surface area contributed by atoms with Crippen LogP contribution in [-0.2, 0) is 9.53 Å². The summed E-state index contributed by atoms with van der Waals surface area (Å²) in [5.41, 5.74) is 3.77. The van der Waals surface area contributed by atoms with Crippen molar-refractivity contribution in [3.63, 3.8) is 0 Å². The highest BCUT2D eigenvalue weighted by Gasteiger charge is 2.36. The van der Waals surface area contributed by atoms with Crippen LogP contribution in [0, 0.1) is 0 Å². The van der Waals surface area contributed by atoms with Gasteiger partial charge in [-0.25, -0.2) is 4.99 Å². The van der Waals surface area contributed by atoms with E-state index in [1.165, 1.54) is 11.3 Å². The fourth-order valence-electron chi connectivity index (χ4n) is 6.04. The minimum atomic E-state index is -0.698. The van der Waals surface area contributed by atoms with Gasteiger partial charge in [-0.05, 0) is 61.4 Å². The Morgan fingerprint density at radius 1 is 1.07 bits per heavy atom. The molecule has 222 valence electrons. The number of benzene rings is 3. The molecular formula is C34H36N4O4S. The molecule has 6 rings (SSSR count). The van der Waals surface area contributed by atoms with Crippen molar-refractivity contribution in [3.8, 4) is 5.75 Å². The number of nitrogens with zero attached hydrogens (tertiary/aromatic N) is 4. The van der Waals surface area contributed by atoms with Gasteiger partial charge < -0.3 is 19.3 Å². The predicted octanol–water partition coefficient (Wildman–Crippen LogP) is 4.10. The Bertz CT molecular complexity index is 1880. The van der Waals surface area contributed by atoms with E-state index >= 15 is 0 Å². The highest BCUT2D eigenvalue weighted by atomic mass is 32.1. The van der Waals surface area contributed by atoms with E-state index < -0.39 is 6.04 Å². The lowest BCUT2D eigenvalue weighted by atomic mass is 9.90. The van der Waals surface area contributed by atoms with Crippen LogP contribution in [0.15, 0.2) is 81.7 Å². The SMILES string of the molecule is CCN(CC)C(=O)C1=C(C)N=c2s/c(=C\c3ccc(N4CCOCC4)cc3)c(=O)n2[C@H]1c1c(OC)ccc2ccccc12. The van der Waals surface area contributed by atoms with Crippen molar-refractivity contribution in [1.82, 2.24) is 9.47 Å². The molecule has 3 aromatic carbocycles. The number of likely N-dealkylation sites (N-methyl/N-ethyl adjacent to an activating group) is 1. The van der Waals surface area contributed by atoms with Gasteiger partial charge in [0, 0.05) is 37.4 Å². The van der Waals surface area contributed by atoms with Crippen LogP contribution in [0.4, 0.5) is 5.69 Å². The van der Waals surface area contributed by atoms with Gasteiger partial charge in [0.1, 0.15) is 11.8 Å². The highest BCUT2D eigenvalue weighted by Crippen LogP contribution is 2.40. The topological polar surface area (TPSA) is 76.4 Å². The molecule has 0 radical (unpaired) electrons. The Hall–Kier alpha value is -4.21. The first-order valence-corrected chi connectivity index (χ1v) is 15.6. The zero-order valence-corrected chi connectivity index (χ0v) is 25.8. The number of hydrogen-bond acceptors (Lipinski definition) is 7. The standard InChI is InChI=1S/C34H36N4O4S/c1-5-36(6-2)33(40)29-22(3)35-34-38(31(29)30-26-10-8-7-9-24(26)13-16-27(30)41-4)32(39)28(43-34)21-23-11-14-25(15-12-23)37-17-19-42-20-18-37/h7-16,21,31H,5-6,17-20H2,1-4H3/b28-21-/t31-/m1/s1. The lowest BCUT2D eigenvalue weighted by Crippen LogP contribution is -2.43. The maximum absolute atomic E-state index is 14.3. The van der Waals surface area contributed by atoms with Crippen molar-refractivity contribution >= 4 is 39.8 Å². The number of anilines is 1. The Balaban J connectivity index is 1.54. The first kappa shape index (κ1) is 28.9. The van der Waals surface area contributed by atoms with Crippen LogP contribution in [0.3, 0.4) is 0 Å². The maximum Gasteiger partial charge on any atom is 0.271 e. The highest BCUT2D eigenvalue weighted by molar-refractivity contribution is 7.07. The van der Waals surface area contributed by atoms with Crippen LogP contribution in [-0.4, -0.2) is 61.9 Å². The fraction of sp³-hybridized carbons (Fsp3) is 0.324. The first-order valence-electron chi connectivity index (χ1n) is 14.7. The van der Waals surface area contributed by atoms with Gasteiger partial charge in [0.05, 0.1) is 36.1 Å². The van der Waals surface area contributed by atoms with E-state index in [9.17, 15) is 9.59 Å². The number of carbonyl (C=O) groups is 1. The number of carbonyl (C=O) groups excluding carboxylic acids is 1. The van der Waals surface area contributed by atoms with E-state index in [-0.39, 0.29) is 11.5 Å². The molecule has 43 heavy (non-hydrogen) atoms. The van der Waals surface area contributed by atoms with E-state index in [1.54, 1.807) is 16.6 Å². The van der Waals surface area contributed by atoms with Gasteiger partial charge in [-0.2, -0.15) is 0 Å². The van der Waals surface area contributed by atoms with Crippen molar-refractivity contribution in [1.29, 1.82) is 0 Å². The van der Waals surface area contributed by atoms with Gasteiger partial charge >= 0.3 is 0 Å². The van der Waals surface area contributed by atoms with E-state index in [0.29, 0.717) is 39.4 Å². The second kappa shape index (κ2) is 12.2. The number of aromatic nitrogens is 1. The second-order valence-electron chi connectivity index (χ2n) is 10.7. The molecule has 9 heteroatoms. The molecule has 2 aliphatic heterocycles. The summed E-state index contributed by atoms with van der Waals surface area (Å²) in [5, 5.41) is 1.93. The van der Waals surface area contributed by atoms with Crippen molar-refractivity contribution in [2.45, 2.75) is 26.8 Å². The van der Waals surface area contributed by atoms with Crippen molar-refractivity contribution in [2.24, 2.45) is 4.99 Å². The summed E-state index contributed by atoms with van der Waals surface area (Å²) < 4.78 is 13.6. The summed E-state index contributed by atoms with van der Waals surface area (Å²) in [5.74, 6) is 0.496. The molecule has 0 bridgehead atoms. The fourth-order valence-corrected chi connectivity index (χ4v) is 7.09. The summed E-state index contributed by atoms with van der Waals surface area (Å²) >= 11 is 1.35. The number of rotatable bonds is 7. The molecule has 0 saturated carbocycles. The molecule has 1 amide bonds. The van der Waals surface area contributed by atoms with Crippen molar-refractivity contribution in [2.75, 3.05) is 51.4 Å². The van der Waals surface area contributed by atoms with Crippen LogP contribution in [0.25, 0.3) is 16.8 Å². The molecule has 0 spiro atoms. The Labute approximate surface area is 254 Å². The average molecular weight is 597 g/mol. The molecule has 0 N–H and O–H groups in total. The van der Waals surface area contributed by atoms with E-state index in [1.807, 2.05) is 75.4 Å². The largest absolute Gasteiger partial charge is 0.496 e. The van der Waals surface area contributed by atoms with Gasteiger partial charge in [0.15, 0.2) is 4.80 Å². The molecular weight excluding hydrogens is 560 g/mol. The van der Waals surface area contributed by atoms with Crippen LogP contribution in [0.2, 0.25) is 0 Å². The number of morpholine rings is 1. The quantitative estimate of drug-likeness (QED) is 0.321. The molecule has 0 aliphatic carbocycles. The van der Waals surface area contributed by atoms with Gasteiger partial charge in [-0.1, -0.05) is 53.8 Å². The monoisotopic (exact) mass is 596 g/mol. The summed E-state index contributed by atoms with van der Waals surface area (Å²) in [6, 6.07) is 19.5. The Morgan fingerprint density at radius 2 is 1.79 bits per heavy atom. The summed E-state index contributed by atoms with van der Waals surface area (Å²) in [7, 11) is 1.63.